The summed E-state index contributed by atoms with van der Waals surface area (Å²) in [6, 6.07) is 10.8. The van der Waals surface area contributed by atoms with Gasteiger partial charge in [0.2, 0.25) is 0 Å². The molecule has 0 saturated heterocycles. The Kier molecular flexibility index (Phi) is 12.5. The van der Waals surface area contributed by atoms with Crippen LogP contribution in [0.1, 0.15) is 107 Å². The molecule has 162 valence electrons. The Morgan fingerprint density at radius 1 is 0.655 bits per heavy atom. The van der Waals surface area contributed by atoms with Crippen LogP contribution in [0.3, 0.4) is 0 Å². The molecule has 0 N–H and O–H groups in total. The molecule has 0 atom stereocenters. The van der Waals surface area contributed by atoms with E-state index in [1.54, 1.807) is 0 Å². The third-order valence-corrected chi connectivity index (χ3v) is 6.02. The van der Waals surface area contributed by atoms with Gasteiger partial charge < -0.3 is 4.57 Å². The van der Waals surface area contributed by atoms with E-state index >= 15 is 0 Å². The SMILES string of the molecule is CCCCCCCCCCCCCCc1nc(CCCc2ccccc2)cn1C. The van der Waals surface area contributed by atoms with Gasteiger partial charge in [-0.25, -0.2) is 4.98 Å². The van der Waals surface area contributed by atoms with Gasteiger partial charge in [-0.05, 0) is 31.2 Å². The molecule has 0 aliphatic heterocycles. The van der Waals surface area contributed by atoms with E-state index in [0.29, 0.717) is 0 Å². The molecule has 1 heterocycles. The molecule has 0 spiro atoms. The predicted molar refractivity (Wildman–Crippen MR) is 126 cm³/mol. The highest BCUT2D eigenvalue weighted by Crippen LogP contribution is 2.14. The zero-order valence-corrected chi connectivity index (χ0v) is 19.2. The normalized spacial score (nSPS) is 11.2. The first-order valence-corrected chi connectivity index (χ1v) is 12.3. The summed E-state index contributed by atoms with van der Waals surface area (Å²) in [6.45, 7) is 2.29. The molecule has 2 rings (SSSR count). The molecular weight excluding hydrogens is 352 g/mol. The maximum atomic E-state index is 4.89. The Morgan fingerprint density at radius 2 is 1.24 bits per heavy atom. The molecule has 1 aromatic heterocycles. The van der Waals surface area contributed by atoms with Gasteiger partial charge in [0.15, 0.2) is 0 Å². The van der Waals surface area contributed by atoms with E-state index in [1.165, 1.54) is 101 Å². The van der Waals surface area contributed by atoms with Crippen LogP contribution in [0.15, 0.2) is 36.5 Å². The Hall–Kier alpha value is -1.57. The zero-order valence-electron chi connectivity index (χ0n) is 19.2. The van der Waals surface area contributed by atoms with E-state index in [0.717, 1.165) is 19.3 Å². The second-order valence-corrected chi connectivity index (χ2v) is 8.74. The van der Waals surface area contributed by atoms with Crippen molar-refractivity contribution >= 4 is 0 Å². The Bertz CT molecular complexity index is 629. The third-order valence-electron chi connectivity index (χ3n) is 6.02. The van der Waals surface area contributed by atoms with Crippen molar-refractivity contribution in [2.75, 3.05) is 0 Å². The van der Waals surface area contributed by atoms with Crippen LogP contribution in [0.4, 0.5) is 0 Å². The summed E-state index contributed by atoms with van der Waals surface area (Å²) in [5.41, 5.74) is 2.69. The van der Waals surface area contributed by atoms with Gasteiger partial charge in [-0.2, -0.15) is 0 Å². The summed E-state index contributed by atoms with van der Waals surface area (Å²) >= 11 is 0. The first-order valence-electron chi connectivity index (χ1n) is 12.3. The number of benzene rings is 1. The van der Waals surface area contributed by atoms with Crippen LogP contribution in [0.2, 0.25) is 0 Å². The quantitative estimate of drug-likeness (QED) is 0.249. The fourth-order valence-corrected chi connectivity index (χ4v) is 4.17. The fraction of sp³-hybridized carbons (Fsp3) is 0.667. The molecule has 29 heavy (non-hydrogen) atoms. The van der Waals surface area contributed by atoms with Crippen LogP contribution in [0, 0.1) is 0 Å². The van der Waals surface area contributed by atoms with Gasteiger partial charge in [0, 0.05) is 19.7 Å². The average molecular weight is 397 g/mol. The van der Waals surface area contributed by atoms with Gasteiger partial charge in [-0.15, -0.1) is 0 Å². The van der Waals surface area contributed by atoms with E-state index in [-0.39, 0.29) is 0 Å². The monoisotopic (exact) mass is 396 g/mol. The fourth-order valence-electron chi connectivity index (χ4n) is 4.17. The lowest BCUT2D eigenvalue weighted by Crippen LogP contribution is -1.97. The largest absolute Gasteiger partial charge is 0.338 e. The van der Waals surface area contributed by atoms with Crippen molar-refractivity contribution in [1.82, 2.24) is 9.55 Å². The molecule has 1 aromatic carbocycles. The first-order chi connectivity index (χ1) is 14.3. The zero-order chi connectivity index (χ0) is 20.6. The smallest absolute Gasteiger partial charge is 0.108 e. The topological polar surface area (TPSA) is 17.8 Å². The minimum Gasteiger partial charge on any atom is -0.338 e. The summed E-state index contributed by atoms with van der Waals surface area (Å²) in [5.74, 6) is 1.27. The van der Waals surface area contributed by atoms with E-state index in [2.05, 4.69) is 55.1 Å². The number of rotatable bonds is 17. The van der Waals surface area contributed by atoms with Crippen LogP contribution in [0.25, 0.3) is 0 Å². The molecule has 0 bridgehead atoms. The molecular formula is C27H44N2. The summed E-state index contributed by atoms with van der Waals surface area (Å²) in [4.78, 5) is 4.89. The Morgan fingerprint density at radius 3 is 1.86 bits per heavy atom. The average Bonchev–Trinajstić information content (AvgIpc) is 3.09. The molecule has 2 aromatic rings. The lowest BCUT2D eigenvalue weighted by atomic mass is 10.0. The van der Waals surface area contributed by atoms with Gasteiger partial charge in [-0.3, -0.25) is 0 Å². The molecule has 0 amide bonds. The van der Waals surface area contributed by atoms with Crippen LogP contribution in [-0.4, -0.2) is 9.55 Å². The van der Waals surface area contributed by atoms with E-state index < -0.39 is 0 Å². The molecule has 2 heteroatoms. The maximum Gasteiger partial charge on any atom is 0.108 e. The summed E-state index contributed by atoms with van der Waals surface area (Å²) in [5, 5.41) is 0. The number of hydrogen-bond donors (Lipinski definition) is 0. The van der Waals surface area contributed by atoms with Crippen molar-refractivity contribution in [2.45, 2.75) is 110 Å². The minimum atomic E-state index is 1.08. The van der Waals surface area contributed by atoms with Crippen LogP contribution in [-0.2, 0) is 26.3 Å². The van der Waals surface area contributed by atoms with E-state index in [9.17, 15) is 0 Å². The van der Waals surface area contributed by atoms with Crippen molar-refractivity contribution in [3.63, 3.8) is 0 Å². The minimum absolute atomic E-state index is 1.08. The number of nitrogens with zero attached hydrogens (tertiary/aromatic N) is 2. The lowest BCUT2D eigenvalue weighted by molar-refractivity contribution is 0.541. The second kappa shape index (κ2) is 15.3. The van der Waals surface area contributed by atoms with Crippen molar-refractivity contribution < 1.29 is 0 Å². The number of hydrogen-bond acceptors (Lipinski definition) is 1. The number of aromatic nitrogens is 2. The molecule has 0 radical (unpaired) electrons. The van der Waals surface area contributed by atoms with Crippen LogP contribution in [0.5, 0.6) is 0 Å². The van der Waals surface area contributed by atoms with Crippen molar-refractivity contribution in [3.8, 4) is 0 Å². The van der Waals surface area contributed by atoms with Gasteiger partial charge in [0.25, 0.3) is 0 Å². The van der Waals surface area contributed by atoms with Gasteiger partial charge in [0.1, 0.15) is 5.82 Å². The Labute approximate surface area is 180 Å². The van der Waals surface area contributed by atoms with Crippen molar-refractivity contribution in [1.29, 1.82) is 0 Å². The third kappa shape index (κ3) is 10.7. The molecule has 2 nitrogen and oxygen atoms in total. The number of aryl methyl sites for hydroxylation is 4. The lowest BCUT2D eigenvalue weighted by Gasteiger charge is -2.03. The molecule has 0 aliphatic rings. The van der Waals surface area contributed by atoms with Gasteiger partial charge >= 0.3 is 0 Å². The van der Waals surface area contributed by atoms with Crippen LogP contribution < -0.4 is 0 Å². The van der Waals surface area contributed by atoms with E-state index in [1.807, 2.05) is 0 Å². The maximum absolute atomic E-state index is 4.89. The summed E-state index contributed by atoms with van der Waals surface area (Å²) in [6.07, 6.45) is 23.7. The van der Waals surface area contributed by atoms with E-state index in [4.69, 9.17) is 4.98 Å². The molecule has 0 unspecified atom stereocenters. The van der Waals surface area contributed by atoms with Gasteiger partial charge in [0.05, 0.1) is 5.69 Å². The van der Waals surface area contributed by atoms with Crippen molar-refractivity contribution in [2.24, 2.45) is 7.05 Å². The highest BCUT2D eigenvalue weighted by Gasteiger charge is 2.05. The summed E-state index contributed by atoms with van der Waals surface area (Å²) < 4.78 is 2.25. The second-order valence-electron chi connectivity index (χ2n) is 8.74. The highest BCUT2D eigenvalue weighted by molar-refractivity contribution is 5.15. The Balaban J connectivity index is 1.48. The highest BCUT2D eigenvalue weighted by atomic mass is 15.0. The number of imidazole rings is 1. The first kappa shape index (κ1) is 23.7. The molecule has 0 fully saturated rings. The molecule has 0 aliphatic carbocycles. The molecule has 0 saturated carbocycles. The number of unbranched alkanes of at least 4 members (excludes halogenated alkanes) is 11. The predicted octanol–water partition coefficient (Wildman–Crippen LogP) is 7.84. The standard InChI is InChI=1S/C27H44N2/c1-3-4-5-6-7-8-9-10-11-12-13-17-23-27-28-26(24-29(27)2)22-18-21-25-19-15-14-16-20-25/h14-16,19-20,24H,3-13,17-18,21-23H2,1-2H3. The van der Waals surface area contributed by atoms with Crippen LogP contribution >= 0.6 is 0 Å². The summed E-state index contributed by atoms with van der Waals surface area (Å²) in [7, 11) is 2.16. The van der Waals surface area contributed by atoms with Gasteiger partial charge in [-0.1, -0.05) is 108 Å². The van der Waals surface area contributed by atoms with Crippen molar-refractivity contribution in [3.05, 3.63) is 53.6 Å².